The van der Waals surface area contributed by atoms with E-state index in [-0.39, 0.29) is 5.91 Å². The van der Waals surface area contributed by atoms with E-state index in [1.165, 1.54) is 5.56 Å². The number of nitrogens with one attached hydrogen (secondary N) is 2. The van der Waals surface area contributed by atoms with Crippen molar-refractivity contribution in [3.8, 4) is 0 Å². The Balaban J connectivity index is 1.83. The number of rotatable bonds is 7. The van der Waals surface area contributed by atoms with Crippen LogP contribution in [0.4, 0.5) is 5.69 Å². The predicted molar refractivity (Wildman–Crippen MR) is 113 cm³/mol. The molecule has 26 heavy (non-hydrogen) atoms. The van der Waals surface area contributed by atoms with Gasteiger partial charge in [-0.05, 0) is 54.4 Å². The summed E-state index contributed by atoms with van der Waals surface area (Å²) in [7, 11) is 3.49. The van der Waals surface area contributed by atoms with Crippen LogP contribution in [0.3, 0.4) is 0 Å². The molecule has 2 rings (SSSR count). The average molecular weight is 370 g/mol. The van der Waals surface area contributed by atoms with Crippen molar-refractivity contribution in [2.24, 2.45) is 5.92 Å². The van der Waals surface area contributed by atoms with Gasteiger partial charge in [-0.1, -0.05) is 43.7 Å². The molecule has 2 aromatic carbocycles. The van der Waals surface area contributed by atoms with Crippen LogP contribution in [0, 0.1) is 5.92 Å². The molecule has 1 amide bonds. The molecule has 4 nitrogen and oxygen atoms in total. The highest BCUT2D eigenvalue weighted by atomic mass is 32.1. The van der Waals surface area contributed by atoms with Crippen LogP contribution >= 0.6 is 12.2 Å². The fourth-order valence-electron chi connectivity index (χ4n) is 2.67. The van der Waals surface area contributed by atoms with Crippen molar-refractivity contribution in [3.05, 3.63) is 65.7 Å². The maximum absolute atomic E-state index is 11.9. The quantitative estimate of drug-likeness (QED) is 0.726. The maximum Gasteiger partial charge on any atom is 0.253 e. The van der Waals surface area contributed by atoms with E-state index in [4.69, 9.17) is 12.2 Å². The fraction of sp³-hybridized carbons (Fsp3) is 0.333. The molecule has 0 aliphatic heterocycles. The van der Waals surface area contributed by atoms with E-state index in [2.05, 4.69) is 41.8 Å². The number of carbonyl (C=O) groups excluding carboxylic acids is 1. The summed E-state index contributed by atoms with van der Waals surface area (Å²) >= 11 is 5.40. The van der Waals surface area contributed by atoms with E-state index in [0.717, 1.165) is 25.1 Å². The number of hydrogen-bond donors (Lipinski definition) is 2. The van der Waals surface area contributed by atoms with Crippen molar-refractivity contribution in [2.45, 2.75) is 19.8 Å². The van der Waals surface area contributed by atoms with E-state index in [0.29, 0.717) is 16.6 Å². The van der Waals surface area contributed by atoms with Crippen LogP contribution in [-0.4, -0.2) is 36.6 Å². The second-order valence-electron chi connectivity index (χ2n) is 6.58. The average Bonchev–Trinajstić information content (AvgIpc) is 2.66. The zero-order chi connectivity index (χ0) is 18.9. The Morgan fingerprint density at radius 2 is 1.73 bits per heavy atom. The minimum absolute atomic E-state index is 0.0102. The highest BCUT2D eigenvalue weighted by molar-refractivity contribution is 7.80. The molecule has 0 aliphatic rings. The fourth-order valence-corrected chi connectivity index (χ4v) is 2.88. The molecule has 0 bridgehead atoms. The third-order valence-corrected chi connectivity index (χ3v) is 4.54. The molecule has 0 aliphatic carbocycles. The zero-order valence-electron chi connectivity index (χ0n) is 15.7. The zero-order valence-corrected chi connectivity index (χ0v) is 16.5. The smallest absolute Gasteiger partial charge is 0.253 e. The SMILES string of the molecule is CC[C@H](CNC(=S)Nc1ccc(C(=O)N(C)C)cc1)Cc1ccccc1. The van der Waals surface area contributed by atoms with Crippen molar-refractivity contribution >= 4 is 28.9 Å². The third-order valence-electron chi connectivity index (χ3n) is 4.29. The lowest BCUT2D eigenvalue weighted by molar-refractivity contribution is 0.0827. The Labute approximate surface area is 161 Å². The van der Waals surface area contributed by atoms with Crippen molar-refractivity contribution < 1.29 is 4.79 Å². The van der Waals surface area contributed by atoms with Crippen molar-refractivity contribution in [3.63, 3.8) is 0 Å². The highest BCUT2D eigenvalue weighted by Crippen LogP contribution is 2.13. The number of benzene rings is 2. The number of hydrogen-bond acceptors (Lipinski definition) is 2. The molecule has 5 heteroatoms. The minimum atomic E-state index is -0.0102. The van der Waals surface area contributed by atoms with Crippen molar-refractivity contribution in [1.29, 1.82) is 0 Å². The lowest BCUT2D eigenvalue weighted by Gasteiger charge is -2.18. The maximum atomic E-state index is 11.9. The molecular weight excluding hydrogens is 342 g/mol. The summed E-state index contributed by atoms with van der Waals surface area (Å²) < 4.78 is 0. The van der Waals surface area contributed by atoms with Gasteiger partial charge in [0.2, 0.25) is 0 Å². The molecule has 2 N–H and O–H groups in total. The van der Waals surface area contributed by atoms with Gasteiger partial charge in [-0.3, -0.25) is 4.79 Å². The summed E-state index contributed by atoms with van der Waals surface area (Å²) in [6.07, 6.45) is 2.13. The molecule has 138 valence electrons. The second-order valence-corrected chi connectivity index (χ2v) is 6.98. The van der Waals surface area contributed by atoms with Gasteiger partial charge in [0, 0.05) is 31.9 Å². The molecule has 0 unspecified atom stereocenters. The molecule has 0 saturated carbocycles. The predicted octanol–water partition coefficient (Wildman–Crippen LogP) is 3.94. The van der Waals surface area contributed by atoms with Gasteiger partial charge in [-0.2, -0.15) is 0 Å². The van der Waals surface area contributed by atoms with Gasteiger partial charge in [0.05, 0.1) is 0 Å². The number of thiocarbonyl (C=S) groups is 1. The summed E-state index contributed by atoms with van der Waals surface area (Å²) in [6, 6.07) is 17.9. The Morgan fingerprint density at radius 1 is 1.08 bits per heavy atom. The normalized spacial score (nSPS) is 11.5. The van der Waals surface area contributed by atoms with Gasteiger partial charge in [0.1, 0.15) is 0 Å². The minimum Gasteiger partial charge on any atom is -0.362 e. The van der Waals surface area contributed by atoms with Gasteiger partial charge in [-0.25, -0.2) is 0 Å². The monoisotopic (exact) mass is 369 g/mol. The summed E-state index contributed by atoms with van der Waals surface area (Å²) in [5, 5.41) is 7.08. The van der Waals surface area contributed by atoms with Crippen LogP contribution in [-0.2, 0) is 6.42 Å². The summed E-state index contributed by atoms with van der Waals surface area (Å²) in [5.74, 6) is 0.515. The van der Waals surface area contributed by atoms with Gasteiger partial charge >= 0.3 is 0 Å². The van der Waals surface area contributed by atoms with Crippen LogP contribution in [0.15, 0.2) is 54.6 Å². The van der Waals surface area contributed by atoms with Crippen LogP contribution in [0.25, 0.3) is 0 Å². The molecule has 0 saturated heterocycles. The van der Waals surface area contributed by atoms with Gasteiger partial charge in [-0.15, -0.1) is 0 Å². The molecule has 1 atom stereocenters. The second kappa shape index (κ2) is 9.92. The van der Waals surface area contributed by atoms with Crippen LogP contribution in [0.1, 0.15) is 29.3 Å². The van der Waals surface area contributed by atoms with Crippen molar-refractivity contribution in [2.75, 3.05) is 26.0 Å². The van der Waals surface area contributed by atoms with E-state index in [1.54, 1.807) is 31.1 Å². The molecular formula is C21H27N3OS. The molecule has 0 radical (unpaired) electrons. The number of carbonyl (C=O) groups is 1. The lowest BCUT2D eigenvalue weighted by Crippen LogP contribution is -2.33. The van der Waals surface area contributed by atoms with Gasteiger partial charge < -0.3 is 15.5 Å². The van der Waals surface area contributed by atoms with E-state index < -0.39 is 0 Å². The number of nitrogens with zero attached hydrogens (tertiary/aromatic N) is 1. The van der Waals surface area contributed by atoms with Gasteiger partial charge in [0.25, 0.3) is 5.91 Å². The topological polar surface area (TPSA) is 44.4 Å². The van der Waals surface area contributed by atoms with E-state index in [9.17, 15) is 4.79 Å². The number of amides is 1. The Hall–Kier alpha value is -2.40. The lowest BCUT2D eigenvalue weighted by atomic mass is 9.97. The van der Waals surface area contributed by atoms with E-state index >= 15 is 0 Å². The largest absolute Gasteiger partial charge is 0.362 e. The first kappa shape index (κ1) is 19.9. The van der Waals surface area contributed by atoms with Crippen LogP contribution in [0.5, 0.6) is 0 Å². The number of anilines is 1. The summed E-state index contributed by atoms with van der Waals surface area (Å²) in [5.41, 5.74) is 2.88. The Morgan fingerprint density at radius 3 is 2.31 bits per heavy atom. The van der Waals surface area contributed by atoms with Gasteiger partial charge in [0.15, 0.2) is 5.11 Å². The summed E-state index contributed by atoms with van der Waals surface area (Å²) in [4.78, 5) is 13.5. The van der Waals surface area contributed by atoms with Crippen LogP contribution in [0.2, 0.25) is 0 Å². The molecule has 2 aromatic rings. The first-order valence-corrected chi connectivity index (χ1v) is 9.31. The van der Waals surface area contributed by atoms with Crippen molar-refractivity contribution in [1.82, 2.24) is 10.2 Å². The van der Waals surface area contributed by atoms with E-state index in [1.807, 2.05) is 18.2 Å². The molecule has 0 aromatic heterocycles. The first-order chi connectivity index (χ1) is 12.5. The first-order valence-electron chi connectivity index (χ1n) is 8.90. The molecule has 0 spiro atoms. The van der Waals surface area contributed by atoms with Crippen LogP contribution < -0.4 is 10.6 Å². The molecule has 0 heterocycles. The Bertz CT molecular complexity index is 714. The summed E-state index contributed by atoms with van der Waals surface area (Å²) in [6.45, 7) is 3.03. The molecule has 0 fully saturated rings. The Kier molecular flexibility index (Phi) is 7.60. The third kappa shape index (κ3) is 6.15. The highest BCUT2D eigenvalue weighted by Gasteiger charge is 2.10. The standard InChI is InChI=1S/C21H27N3OS/c1-4-16(14-17-8-6-5-7-9-17)15-22-21(26)23-19-12-10-18(11-13-19)20(25)24(2)3/h5-13,16H,4,14-15H2,1-3H3,(H2,22,23,26)/t16-/m0/s1.